The minimum absolute atomic E-state index is 0.0464. The molecule has 19 heavy (non-hydrogen) atoms. The summed E-state index contributed by atoms with van der Waals surface area (Å²) in [5.41, 5.74) is 1.39. The lowest BCUT2D eigenvalue weighted by atomic mass is 10.0. The van der Waals surface area contributed by atoms with Crippen LogP contribution in [-0.4, -0.2) is 28.8 Å². The summed E-state index contributed by atoms with van der Waals surface area (Å²) in [5.74, 6) is 0.253. The van der Waals surface area contributed by atoms with Crippen LogP contribution in [0.2, 0.25) is 5.15 Å². The Labute approximate surface area is 118 Å². The van der Waals surface area contributed by atoms with Crippen LogP contribution in [0, 0.1) is 12.8 Å². The van der Waals surface area contributed by atoms with Crippen molar-refractivity contribution in [2.45, 2.75) is 33.2 Å². The van der Waals surface area contributed by atoms with Gasteiger partial charge in [-0.3, -0.25) is 0 Å². The van der Waals surface area contributed by atoms with Crippen molar-refractivity contribution in [3.8, 4) is 0 Å². The Morgan fingerprint density at radius 1 is 1.53 bits per heavy atom. The zero-order valence-electron chi connectivity index (χ0n) is 11.4. The lowest BCUT2D eigenvalue weighted by Crippen LogP contribution is -2.41. The third kappa shape index (κ3) is 5.04. The first-order valence-electron chi connectivity index (χ1n) is 6.24. The number of nitrogens with one attached hydrogen (secondary N) is 2. The van der Waals surface area contributed by atoms with Gasteiger partial charge in [-0.25, -0.2) is 9.78 Å². The Morgan fingerprint density at radius 2 is 2.21 bits per heavy atom. The van der Waals surface area contributed by atoms with Crippen LogP contribution in [0.3, 0.4) is 0 Å². The van der Waals surface area contributed by atoms with Crippen molar-refractivity contribution < 1.29 is 9.90 Å². The standard InChI is InChI=1S/C13H20ClN3O2/c1-8(2)11(4-5-18)17-13(19)16-10-6-9(3)12(14)15-7-10/h6-8,11,18H,4-5H2,1-3H3,(H2,16,17,19). The second-order valence-corrected chi connectivity index (χ2v) is 5.15. The molecular formula is C13H20ClN3O2. The number of urea groups is 1. The predicted octanol–water partition coefficient (Wildman–Crippen LogP) is 2.57. The van der Waals surface area contributed by atoms with E-state index in [1.807, 2.05) is 20.8 Å². The van der Waals surface area contributed by atoms with Gasteiger partial charge in [0.15, 0.2) is 0 Å². The molecule has 0 aliphatic rings. The monoisotopic (exact) mass is 285 g/mol. The summed E-state index contributed by atoms with van der Waals surface area (Å²) in [6.45, 7) is 5.86. The van der Waals surface area contributed by atoms with Crippen LogP contribution < -0.4 is 10.6 Å². The Bertz CT molecular complexity index is 438. The van der Waals surface area contributed by atoms with Crippen LogP contribution in [0.5, 0.6) is 0 Å². The fourth-order valence-corrected chi connectivity index (χ4v) is 1.78. The summed E-state index contributed by atoms with van der Waals surface area (Å²) < 4.78 is 0. The molecule has 0 aliphatic heterocycles. The molecule has 6 heteroatoms. The summed E-state index contributed by atoms with van der Waals surface area (Å²) in [6, 6.07) is 1.38. The molecule has 3 N–H and O–H groups in total. The summed E-state index contributed by atoms with van der Waals surface area (Å²) in [7, 11) is 0. The Balaban J connectivity index is 2.61. The number of aromatic nitrogens is 1. The van der Waals surface area contributed by atoms with Crippen LogP contribution in [0.25, 0.3) is 0 Å². The highest BCUT2D eigenvalue weighted by molar-refractivity contribution is 6.30. The van der Waals surface area contributed by atoms with Gasteiger partial charge in [-0.05, 0) is 30.9 Å². The number of nitrogens with zero attached hydrogens (tertiary/aromatic N) is 1. The average Bonchev–Trinajstić information content (AvgIpc) is 2.33. The number of amides is 2. The zero-order valence-corrected chi connectivity index (χ0v) is 12.2. The molecule has 0 fully saturated rings. The molecule has 1 atom stereocenters. The number of carbonyl (C=O) groups is 1. The van der Waals surface area contributed by atoms with E-state index in [2.05, 4.69) is 15.6 Å². The third-order valence-electron chi connectivity index (χ3n) is 2.83. The van der Waals surface area contributed by atoms with E-state index in [0.29, 0.717) is 17.3 Å². The molecule has 0 aliphatic carbocycles. The molecule has 106 valence electrons. The number of anilines is 1. The van der Waals surface area contributed by atoms with E-state index >= 15 is 0 Å². The zero-order chi connectivity index (χ0) is 14.4. The van der Waals surface area contributed by atoms with Crippen molar-refractivity contribution >= 4 is 23.3 Å². The van der Waals surface area contributed by atoms with Gasteiger partial charge in [0.25, 0.3) is 0 Å². The van der Waals surface area contributed by atoms with Gasteiger partial charge in [0.2, 0.25) is 0 Å². The topological polar surface area (TPSA) is 74.2 Å². The largest absolute Gasteiger partial charge is 0.396 e. The molecule has 0 spiro atoms. The van der Waals surface area contributed by atoms with E-state index in [-0.39, 0.29) is 24.6 Å². The molecule has 0 saturated carbocycles. The van der Waals surface area contributed by atoms with Crippen molar-refractivity contribution in [2.24, 2.45) is 5.92 Å². The maximum absolute atomic E-state index is 11.8. The molecular weight excluding hydrogens is 266 g/mol. The quantitative estimate of drug-likeness (QED) is 0.728. The maximum Gasteiger partial charge on any atom is 0.319 e. The Hall–Kier alpha value is -1.33. The van der Waals surface area contributed by atoms with Gasteiger partial charge in [-0.2, -0.15) is 0 Å². The van der Waals surface area contributed by atoms with Crippen LogP contribution in [-0.2, 0) is 0 Å². The van der Waals surface area contributed by atoms with Crippen molar-refractivity contribution in [1.29, 1.82) is 0 Å². The minimum atomic E-state index is -0.310. The summed E-state index contributed by atoms with van der Waals surface area (Å²) in [4.78, 5) is 15.8. The van der Waals surface area contributed by atoms with Crippen molar-refractivity contribution in [3.05, 3.63) is 23.0 Å². The van der Waals surface area contributed by atoms with Crippen LogP contribution in [0.15, 0.2) is 12.3 Å². The number of halogens is 1. The Morgan fingerprint density at radius 3 is 2.74 bits per heavy atom. The molecule has 1 rings (SSSR count). The molecule has 1 heterocycles. The van der Waals surface area contributed by atoms with Gasteiger partial charge in [-0.15, -0.1) is 0 Å². The molecule has 1 unspecified atom stereocenters. The third-order valence-corrected chi connectivity index (χ3v) is 3.23. The van der Waals surface area contributed by atoms with Gasteiger partial charge in [0.05, 0.1) is 11.9 Å². The van der Waals surface area contributed by atoms with E-state index in [1.165, 1.54) is 6.20 Å². The molecule has 2 amide bonds. The Kier molecular flexibility index (Phi) is 6.05. The van der Waals surface area contributed by atoms with Gasteiger partial charge >= 0.3 is 6.03 Å². The number of hydrogen-bond acceptors (Lipinski definition) is 3. The fourth-order valence-electron chi connectivity index (χ4n) is 1.67. The highest BCUT2D eigenvalue weighted by atomic mass is 35.5. The normalized spacial score (nSPS) is 12.3. The second kappa shape index (κ2) is 7.31. The fraction of sp³-hybridized carbons (Fsp3) is 0.538. The summed E-state index contributed by atoms with van der Waals surface area (Å²) >= 11 is 5.82. The van der Waals surface area contributed by atoms with Gasteiger partial charge < -0.3 is 15.7 Å². The van der Waals surface area contributed by atoms with Gasteiger partial charge in [-0.1, -0.05) is 25.4 Å². The van der Waals surface area contributed by atoms with E-state index < -0.39 is 0 Å². The van der Waals surface area contributed by atoms with Crippen LogP contribution in [0.1, 0.15) is 25.8 Å². The van der Waals surface area contributed by atoms with E-state index in [1.54, 1.807) is 6.07 Å². The van der Waals surface area contributed by atoms with Crippen molar-refractivity contribution in [2.75, 3.05) is 11.9 Å². The number of pyridine rings is 1. The first-order valence-corrected chi connectivity index (χ1v) is 6.62. The summed E-state index contributed by atoms with van der Waals surface area (Å²) in [6.07, 6.45) is 2.04. The van der Waals surface area contributed by atoms with Crippen molar-refractivity contribution in [1.82, 2.24) is 10.3 Å². The van der Waals surface area contributed by atoms with Gasteiger partial charge in [0.1, 0.15) is 5.15 Å². The molecule has 0 saturated heterocycles. The highest BCUT2D eigenvalue weighted by Crippen LogP contribution is 2.16. The smallest absolute Gasteiger partial charge is 0.319 e. The van der Waals surface area contributed by atoms with Gasteiger partial charge in [0, 0.05) is 12.6 Å². The lowest BCUT2D eigenvalue weighted by molar-refractivity contribution is 0.227. The molecule has 1 aromatic heterocycles. The number of aliphatic hydroxyl groups is 1. The highest BCUT2D eigenvalue weighted by Gasteiger charge is 2.15. The SMILES string of the molecule is Cc1cc(NC(=O)NC(CCO)C(C)C)cnc1Cl. The second-order valence-electron chi connectivity index (χ2n) is 4.79. The van der Waals surface area contributed by atoms with Crippen LogP contribution in [0.4, 0.5) is 10.5 Å². The predicted molar refractivity (Wildman–Crippen MR) is 76.5 cm³/mol. The average molecular weight is 286 g/mol. The van der Waals surface area contributed by atoms with E-state index in [0.717, 1.165) is 5.56 Å². The lowest BCUT2D eigenvalue weighted by Gasteiger charge is -2.21. The number of aliphatic hydroxyl groups excluding tert-OH is 1. The van der Waals surface area contributed by atoms with Crippen LogP contribution >= 0.6 is 11.6 Å². The molecule has 0 bridgehead atoms. The molecule has 5 nitrogen and oxygen atoms in total. The number of carbonyl (C=O) groups excluding carboxylic acids is 1. The number of aryl methyl sites for hydroxylation is 1. The molecule has 0 aromatic carbocycles. The maximum atomic E-state index is 11.8. The number of hydrogen-bond donors (Lipinski definition) is 3. The van der Waals surface area contributed by atoms with Crippen molar-refractivity contribution in [3.63, 3.8) is 0 Å². The summed E-state index contributed by atoms with van der Waals surface area (Å²) in [5, 5.41) is 14.9. The first-order chi connectivity index (χ1) is 8.93. The molecule has 1 aromatic rings. The van der Waals surface area contributed by atoms with E-state index in [9.17, 15) is 4.79 Å². The number of rotatable bonds is 5. The first kappa shape index (κ1) is 15.7. The minimum Gasteiger partial charge on any atom is -0.396 e. The van der Waals surface area contributed by atoms with E-state index in [4.69, 9.17) is 16.7 Å². The molecule has 0 radical (unpaired) electrons.